The highest BCUT2D eigenvalue weighted by Crippen LogP contribution is 2.39. The number of aromatic nitrogens is 3. The average Bonchev–Trinajstić information content (AvgIpc) is 2.98. The van der Waals surface area contributed by atoms with Crippen LogP contribution in [0.15, 0.2) is 24.5 Å². The van der Waals surface area contributed by atoms with Gasteiger partial charge >= 0.3 is 0 Å². The van der Waals surface area contributed by atoms with Gasteiger partial charge < -0.3 is 5.73 Å². The summed E-state index contributed by atoms with van der Waals surface area (Å²) in [5.74, 6) is 1.54. The first-order chi connectivity index (χ1) is 7.74. The SMILES string of the molecule is Cc1cc(N)cnc1-n1ccc(C2CC2)n1. The van der Waals surface area contributed by atoms with Crippen LogP contribution in [0.3, 0.4) is 0 Å². The van der Waals surface area contributed by atoms with Gasteiger partial charge in [0, 0.05) is 12.1 Å². The Morgan fingerprint density at radius 3 is 2.94 bits per heavy atom. The number of nitrogens with two attached hydrogens (primary N) is 1. The number of aryl methyl sites for hydroxylation is 1. The molecule has 1 fully saturated rings. The van der Waals surface area contributed by atoms with Crippen molar-refractivity contribution in [2.45, 2.75) is 25.7 Å². The third-order valence-corrected chi connectivity index (χ3v) is 2.89. The second kappa shape index (κ2) is 3.33. The van der Waals surface area contributed by atoms with Crippen molar-refractivity contribution in [3.05, 3.63) is 35.8 Å². The zero-order chi connectivity index (χ0) is 11.1. The fraction of sp³-hybridized carbons (Fsp3) is 0.333. The molecule has 82 valence electrons. The number of hydrogen-bond acceptors (Lipinski definition) is 3. The molecule has 2 aromatic rings. The number of rotatable bonds is 2. The van der Waals surface area contributed by atoms with Crippen LogP contribution in [-0.2, 0) is 0 Å². The zero-order valence-electron chi connectivity index (χ0n) is 9.22. The Hall–Kier alpha value is -1.84. The van der Waals surface area contributed by atoms with E-state index in [9.17, 15) is 0 Å². The summed E-state index contributed by atoms with van der Waals surface area (Å²) in [6, 6.07) is 4.00. The standard InChI is InChI=1S/C12H14N4/c1-8-6-10(13)7-14-12(8)16-5-4-11(15-16)9-2-3-9/h4-7,9H,2-3,13H2,1H3. The number of nitrogens with zero attached hydrogens (tertiary/aromatic N) is 3. The largest absolute Gasteiger partial charge is 0.397 e. The quantitative estimate of drug-likeness (QED) is 0.832. The lowest BCUT2D eigenvalue weighted by atomic mass is 10.3. The lowest BCUT2D eigenvalue weighted by Crippen LogP contribution is -2.02. The Morgan fingerprint density at radius 1 is 1.44 bits per heavy atom. The van der Waals surface area contributed by atoms with Crippen molar-refractivity contribution in [2.24, 2.45) is 0 Å². The van der Waals surface area contributed by atoms with Gasteiger partial charge in [0.25, 0.3) is 0 Å². The van der Waals surface area contributed by atoms with E-state index < -0.39 is 0 Å². The van der Waals surface area contributed by atoms with Crippen molar-refractivity contribution < 1.29 is 0 Å². The van der Waals surface area contributed by atoms with Gasteiger partial charge in [-0.3, -0.25) is 0 Å². The third kappa shape index (κ3) is 1.56. The lowest BCUT2D eigenvalue weighted by Gasteiger charge is -2.04. The lowest BCUT2D eigenvalue weighted by molar-refractivity contribution is 0.806. The molecular formula is C12H14N4. The zero-order valence-corrected chi connectivity index (χ0v) is 9.22. The minimum absolute atomic E-state index is 0.676. The summed E-state index contributed by atoms with van der Waals surface area (Å²) in [6.45, 7) is 2.00. The highest BCUT2D eigenvalue weighted by Gasteiger charge is 2.26. The number of nitrogen functional groups attached to an aromatic ring is 1. The van der Waals surface area contributed by atoms with Crippen LogP contribution in [0, 0.1) is 6.92 Å². The maximum absolute atomic E-state index is 5.68. The molecule has 4 nitrogen and oxygen atoms in total. The molecule has 0 atom stereocenters. The van der Waals surface area contributed by atoms with Crippen LogP contribution in [0.1, 0.15) is 30.0 Å². The molecule has 0 aromatic carbocycles. The highest BCUT2D eigenvalue weighted by atomic mass is 15.3. The van der Waals surface area contributed by atoms with Crippen molar-refractivity contribution in [1.82, 2.24) is 14.8 Å². The molecule has 3 rings (SSSR count). The van der Waals surface area contributed by atoms with Crippen LogP contribution in [0.25, 0.3) is 5.82 Å². The molecule has 1 saturated carbocycles. The summed E-state index contributed by atoms with van der Waals surface area (Å²) >= 11 is 0. The maximum atomic E-state index is 5.68. The van der Waals surface area contributed by atoms with Gasteiger partial charge in [-0.15, -0.1) is 0 Å². The maximum Gasteiger partial charge on any atom is 0.156 e. The topological polar surface area (TPSA) is 56.7 Å². The molecule has 0 spiro atoms. The predicted octanol–water partition coefficient (Wildman–Crippen LogP) is 2.04. The molecule has 16 heavy (non-hydrogen) atoms. The Kier molecular flexibility index (Phi) is 1.96. The summed E-state index contributed by atoms with van der Waals surface area (Å²) in [5, 5.41) is 4.55. The second-order valence-electron chi connectivity index (χ2n) is 4.37. The van der Waals surface area contributed by atoms with Crippen molar-refractivity contribution in [3.63, 3.8) is 0 Å². The van der Waals surface area contributed by atoms with E-state index in [1.807, 2.05) is 23.9 Å². The minimum atomic E-state index is 0.676. The van der Waals surface area contributed by atoms with E-state index in [0.29, 0.717) is 11.6 Å². The summed E-state index contributed by atoms with van der Waals surface area (Å²) in [6.07, 6.45) is 6.18. The molecule has 0 aliphatic heterocycles. The Bertz CT molecular complexity index is 526. The number of pyridine rings is 1. The van der Waals surface area contributed by atoms with Gasteiger partial charge in [-0.25, -0.2) is 9.67 Å². The molecule has 1 aliphatic carbocycles. The summed E-state index contributed by atoms with van der Waals surface area (Å²) < 4.78 is 1.84. The molecule has 0 saturated heterocycles. The molecule has 0 bridgehead atoms. The van der Waals surface area contributed by atoms with Crippen molar-refractivity contribution in [2.75, 3.05) is 5.73 Å². The first kappa shape index (κ1) is 9.39. The summed E-state index contributed by atoms with van der Waals surface area (Å²) in [4.78, 5) is 4.32. The van der Waals surface area contributed by atoms with Crippen LogP contribution in [0.5, 0.6) is 0 Å². The van der Waals surface area contributed by atoms with Crippen LogP contribution in [-0.4, -0.2) is 14.8 Å². The first-order valence-electron chi connectivity index (χ1n) is 5.52. The molecule has 0 unspecified atom stereocenters. The second-order valence-corrected chi connectivity index (χ2v) is 4.37. The van der Waals surface area contributed by atoms with Crippen molar-refractivity contribution in [3.8, 4) is 5.82 Å². The van der Waals surface area contributed by atoms with E-state index in [0.717, 1.165) is 11.4 Å². The van der Waals surface area contributed by atoms with Crippen LogP contribution in [0.2, 0.25) is 0 Å². The minimum Gasteiger partial charge on any atom is -0.397 e. The number of anilines is 1. The Balaban J connectivity index is 2.00. The first-order valence-corrected chi connectivity index (χ1v) is 5.52. The Labute approximate surface area is 94.1 Å². The van der Waals surface area contributed by atoms with E-state index in [2.05, 4.69) is 16.1 Å². The smallest absolute Gasteiger partial charge is 0.156 e. The van der Waals surface area contributed by atoms with Crippen LogP contribution in [0.4, 0.5) is 5.69 Å². The fourth-order valence-corrected chi connectivity index (χ4v) is 1.88. The third-order valence-electron chi connectivity index (χ3n) is 2.89. The van der Waals surface area contributed by atoms with E-state index in [-0.39, 0.29) is 0 Å². The average molecular weight is 214 g/mol. The Morgan fingerprint density at radius 2 is 2.25 bits per heavy atom. The van der Waals surface area contributed by atoms with Gasteiger partial charge in [0.2, 0.25) is 0 Å². The van der Waals surface area contributed by atoms with E-state index in [1.54, 1.807) is 6.20 Å². The fourth-order valence-electron chi connectivity index (χ4n) is 1.88. The van der Waals surface area contributed by atoms with E-state index >= 15 is 0 Å². The molecule has 0 amide bonds. The predicted molar refractivity (Wildman–Crippen MR) is 62.5 cm³/mol. The van der Waals surface area contributed by atoms with Gasteiger partial charge in [0.05, 0.1) is 17.6 Å². The molecule has 4 heteroatoms. The summed E-state index contributed by atoms with van der Waals surface area (Å²) in [5.41, 5.74) is 8.59. The van der Waals surface area contributed by atoms with Crippen molar-refractivity contribution in [1.29, 1.82) is 0 Å². The highest BCUT2D eigenvalue weighted by molar-refractivity contribution is 5.44. The van der Waals surface area contributed by atoms with Gasteiger partial charge in [0.1, 0.15) is 0 Å². The molecule has 1 aliphatic rings. The number of hydrogen-bond donors (Lipinski definition) is 1. The summed E-state index contributed by atoms with van der Waals surface area (Å²) in [7, 11) is 0. The van der Waals surface area contributed by atoms with Gasteiger partial charge in [0.15, 0.2) is 5.82 Å². The molecule has 2 heterocycles. The van der Waals surface area contributed by atoms with Gasteiger partial charge in [-0.2, -0.15) is 5.10 Å². The van der Waals surface area contributed by atoms with E-state index in [1.165, 1.54) is 18.5 Å². The molecule has 2 aromatic heterocycles. The van der Waals surface area contributed by atoms with Crippen LogP contribution < -0.4 is 5.73 Å². The van der Waals surface area contributed by atoms with Crippen LogP contribution >= 0.6 is 0 Å². The molecular weight excluding hydrogens is 200 g/mol. The van der Waals surface area contributed by atoms with E-state index in [4.69, 9.17) is 5.73 Å². The molecule has 0 radical (unpaired) electrons. The monoisotopic (exact) mass is 214 g/mol. The van der Waals surface area contributed by atoms with Crippen molar-refractivity contribution >= 4 is 5.69 Å². The van der Waals surface area contributed by atoms with Gasteiger partial charge in [-0.1, -0.05) is 0 Å². The molecule has 2 N–H and O–H groups in total. The normalized spacial score (nSPS) is 15.3. The van der Waals surface area contributed by atoms with Gasteiger partial charge in [-0.05, 0) is 37.5 Å².